The molecule has 2 heterocycles. The third-order valence-electron chi connectivity index (χ3n) is 3.10. The third kappa shape index (κ3) is 2.11. The average Bonchev–Trinajstić information content (AvgIpc) is 2.83. The number of rotatable bonds is 2. The predicted octanol–water partition coefficient (Wildman–Crippen LogP) is 2.97. The summed E-state index contributed by atoms with van der Waals surface area (Å²) >= 11 is 0. The maximum atomic E-state index is 5.81. The molecule has 0 amide bonds. The summed E-state index contributed by atoms with van der Waals surface area (Å²) in [6, 6.07) is 7.93. The number of oxazole rings is 1. The predicted molar refractivity (Wildman–Crippen MR) is 74.6 cm³/mol. The molecule has 2 N–H and O–H groups in total. The molecule has 0 saturated carbocycles. The Balaban J connectivity index is 2.12. The molecule has 0 aliphatic rings. The van der Waals surface area contributed by atoms with E-state index in [0.717, 1.165) is 27.9 Å². The van der Waals surface area contributed by atoms with E-state index in [1.165, 1.54) is 5.56 Å². The average molecular weight is 253 g/mol. The molecule has 0 radical (unpaired) electrons. The number of fused-ring (bicyclic) bond motifs is 1. The molecule has 19 heavy (non-hydrogen) atoms. The van der Waals surface area contributed by atoms with Gasteiger partial charge in [-0.15, -0.1) is 0 Å². The lowest BCUT2D eigenvalue weighted by molar-refractivity contribution is 0.614. The zero-order valence-electron chi connectivity index (χ0n) is 11.0. The molecule has 96 valence electrons. The molecule has 3 rings (SSSR count). The molecule has 4 heteroatoms. The number of aryl methyl sites for hydroxylation is 2. The smallest absolute Gasteiger partial charge is 0.246 e. The van der Waals surface area contributed by atoms with Gasteiger partial charge in [-0.2, -0.15) is 0 Å². The molecule has 3 aromatic rings. The summed E-state index contributed by atoms with van der Waals surface area (Å²) < 4.78 is 5.81. The van der Waals surface area contributed by atoms with E-state index >= 15 is 0 Å². The van der Waals surface area contributed by atoms with Crippen LogP contribution in [0.15, 0.2) is 34.9 Å². The van der Waals surface area contributed by atoms with Crippen molar-refractivity contribution in [1.82, 2.24) is 9.97 Å². The molecule has 0 fully saturated rings. The van der Waals surface area contributed by atoms with Crippen LogP contribution in [0.2, 0.25) is 0 Å². The summed E-state index contributed by atoms with van der Waals surface area (Å²) in [5, 5.41) is 0. The highest BCUT2D eigenvalue weighted by Gasteiger charge is 2.11. The second-order valence-corrected chi connectivity index (χ2v) is 4.70. The van der Waals surface area contributed by atoms with Crippen molar-refractivity contribution in [2.24, 2.45) is 5.73 Å². The van der Waals surface area contributed by atoms with Gasteiger partial charge in [-0.25, -0.2) is 4.98 Å². The molecular formula is C15H15N3O. The van der Waals surface area contributed by atoms with Gasteiger partial charge in [0.1, 0.15) is 11.2 Å². The van der Waals surface area contributed by atoms with E-state index < -0.39 is 0 Å². The summed E-state index contributed by atoms with van der Waals surface area (Å²) in [6.07, 6.45) is 1.75. The van der Waals surface area contributed by atoms with Gasteiger partial charge < -0.3 is 10.2 Å². The van der Waals surface area contributed by atoms with Crippen LogP contribution in [0.1, 0.15) is 16.7 Å². The van der Waals surface area contributed by atoms with E-state index in [-0.39, 0.29) is 0 Å². The molecule has 4 nitrogen and oxygen atoms in total. The van der Waals surface area contributed by atoms with Crippen molar-refractivity contribution < 1.29 is 4.42 Å². The summed E-state index contributed by atoms with van der Waals surface area (Å²) in [7, 11) is 0. The minimum Gasteiger partial charge on any atom is -0.434 e. The van der Waals surface area contributed by atoms with Crippen LogP contribution in [0.4, 0.5) is 0 Å². The molecule has 0 saturated heterocycles. The Morgan fingerprint density at radius 2 is 2.05 bits per heavy atom. The van der Waals surface area contributed by atoms with Gasteiger partial charge in [0.2, 0.25) is 5.89 Å². The zero-order chi connectivity index (χ0) is 13.4. The standard InChI is InChI=1S/C15H15N3O/c1-9-5-10(2)14-13(6-9)18-15(19-14)12-4-3-11(7-16)8-17-12/h3-6,8H,7,16H2,1-2H3. The first-order valence-corrected chi connectivity index (χ1v) is 6.20. The molecule has 0 aliphatic carbocycles. The van der Waals surface area contributed by atoms with Crippen molar-refractivity contribution >= 4 is 11.1 Å². The molecule has 0 atom stereocenters. The van der Waals surface area contributed by atoms with Crippen molar-refractivity contribution in [3.63, 3.8) is 0 Å². The molecule has 0 unspecified atom stereocenters. The van der Waals surface area contributed by atoms with Crippen molar-refractivity contribution in [3.05, 3.63) is 47.2 Å². The Morgan fingerprint density at radius 1 is 1.21 bits per heavy atom. The lowest BCUT2D eigenvalue weighted by atomic mass is 10.1. The topological polar surface area (TPSA) is 64.9 Å². The lowest BCUT2D eigenvalue weighted by Gasteiger charge is -1.97. The van der Waals surface area contributed by atoms with Gasteiger partial charge in [0.25, 0.3) is 0 Å². The first-order valence-electron chi connectivity index (χ1n) is 6.20. The van der Waals surface area contributed by atoms with Crippen LogP contribution in [-0.4, -0.2) is 9.97 Å². The second-order valence-electron chi connectivity index (χ2n) is 4.70. The van der Waals surface area contributed by atoms with Gasteiger partial charge >= 0.3 is 0 Å². The van der Waals surface area contributed by atoms with Gasteiger partial charge in [0, 0.05) is 12.7 Å². The summed E-state index contributed by atoms with van der Waals surface area (Å²) in [5.74, 6) is 0.548. The number of pyridine rings is 1. The van der Waals surface area contributed by atoms with Crippen LogP contribution < -0.4 is 5.73 Å². The van der Waals surface area contributed by atoms with Crippen LogP contribution in [0.5, 0.6) is 0 Å². The fraction of sp³-hybridized carbons (Fsp3) is 0.200. The summed E-state index contributed by atoms with van der Waals surface area (Å²) in [5.41, 5.74) is 11.2. The number of aromatic nitrogens is 2. The van der Waals surface area contributed by atoms with Crippen molar-refractivity contribution in [2.45, 2.75) is 20.4 Å². The Hall–Kier alpha value is -2.20. The molecule has 2 aromatic heterocycles. The number of nitrogens with zero attached hydrogens (tertiary/aromatic N) is 2. The second kappa shape index (κ2) is 4.48. The Kier molecular flexibility index (Phi) is 2.80. The molecule has 1 aromatic carbocycles. The zero-order valence-corrected chi connectivity index (χ0v) is 11.0. The van der Waals surface area contributed by atoms with Gasteiger partial charge in [-0.3, -0.25) is 4.98 Å². The van der Waals surface area contributed by atoms with Crippen LogP contribution >= 0.6 is 0 Å². The van der Waals surface area contributed by atoms with E-state index in [2.05, 4.69) is 23.0 Å². The number of hydrogen-bond donors (Lipinski definition) is 1. The highest BCUT2D eigenvalue weighted by molar-refractivity contribution is 5.79. The number of benzene rings is 1. The Morgan fingerprint density at radius 3 is 2.74 bits per heavy atom. The first kappa shape index (κ1) is 11.9. The molecule has 0 bridgehead atoms. The van der Waals surface area contributed by atoms with Crippen LogP contribution in [0.25, 0.3) is 22.7 Å². The number of hydrogen-bond acceptors (Lipinski definition) is 4. The fourth-order valence-corrected chi connectivity index (χ4v) is 2.16. The van der Waals surface area contributed by atoms with Gasteiger partial charge in [0.05, 0.1) is 0 Å². The largest absolute Gasteiger partial charge is 0.434 e. The minimum absolute atomic E-state index is 0.485. The van der Waals surface area contributed by atoms with E-state index in [1.54, 1.807) is 6.20 Å². The van der Waals surface area contributed by atoms with Crippen molar-refractivity contribution in [1.29, 1.82) is 0 Å². The Labute approximate surface area is 111 Å². The molecule has 0 spiro atoms. The fourth-order valence-electron chi connectivity index (χ4n) is 2.16. The molecular weight excluding hydrogens is 238 g/mol. The van der Waals surface area contributed by atoms with Gasteiger partial charge in [-0.05, 0) is 42.7 Å². The monoisotopic (exact) mass is 253 g/mol. The van der Waals surface area contributed by atoms with Crippen molar-refractivity contribution in [3.8, 4) is 11.6 Å². The van der Waals surface area contributed by atoms with Crippen LogP contribution in [0, 0.1) is 13.8 Å². The van der Waals surface area contributed by atoms with Crippen LogP contribution in [0.3, 0.4) is 0 Å². The van der Waals surface area contributed by atoms with Gasteiger partial charge in [0.15, 0.2) is 5.58 Å². The van der Waals surface area contributed by atoms with Crippen LogP contribution in [-0.2, 0) is 6.54 Å². The first-order chi connectivity index (χ1) is 9.17. The van der Waals surface area contributed by atoms with E-state index in [1.807, 2.05) is 25.1 Å². The highest BCUT2D eigenvalue weighted by Crippen LogP contribution is 2.26. The van der Waals surface area contributed by atoms with Gasteiger partial charge in [-0.1, -0.05) is 12.1 Å². The van der Waals surface area contributed by atoms with E-state index in [4.69, 9.17) is 10.2 Å². The Bertz CT molecular complexity index is 729. The highest BCUT2D eigenvalue weighted by atomic mass is 16.3. The minimum atomic E-state index is 0.485. The SMILES string of the molecule is Cc1cc(C)c2oc(-c3ccc(CN)cn3)nc2c1. The quantitative estimate of drug-likeness (QED) is 0.762. The summed E-state index contributed by atoms with van der Waals surface area (Å²) in [4.78, 5) is 8.83. The van der Waals surface area contributed by atoms with E-state index in [0.29, 0.717) is 12.4 Å². The summed E-state index contributed by atoms with van der Waals surface area (Å²) in [6.45, 7) is 4.56. The maximum Gasteiger partial charge on any atom is 0.246 e. The van der Waals surface area contributed by atoms with E-state index in [9.17, 15) is 0 Å². The van der Waals surface area contributed by atoms with Crippen molar-refractivity contribution in [2.75, 3.05) is 0 Å². The number of nitrogens with two attached hydrogens (primary N) is 1. The maximum absolute atomic E-state index is 5.81. The molecule has 0 aliphatic heterocycles. The third-order valence-corrected chi connectivity index (χ3v) is 3.10. The normalized spacial score (nSPS) is 11.1. The lowest BCUT2D eigenvalue weighted by Crippen LogP contribution is -1.96.